The van der Waals surface area contributed by atoms with E-state index in [0.717, 1.165) is 10.2 Å². The van der Waals surface area contributed by atoms with Crippen LogP contribution in [0.2, 0.25) is 0 Å². The van der Waals surface area contributed by atoms with Gasteiger partial charge in [0.1, 0.15) is 5.82 Å². The molecule has 1 unspecified atom stereocenters. The van der Waals surface area contributed by atoms with Crippen LogP contribution in [0, 0.1) is 11.2 Å². The maximum Gasteiger partial charge on any atom is 0.124 e. The molecule has 100 valence electrons. The Morgan fingerprint density at radius 2 is 2.06 bits per heavy atom. The Labute approximate surface area is 117 Å². The fourth-order valence-corrected chi connectivity index (χ4v) is 3.10. The van der Waals surface area contributed by atoms with Crippen LogP contribution in [0.25, 0.3) is 0 Å². The maximum atomic E-state index is 13.0. The van der Waals surface area contributed by atoms with E-state index in [0.29, 0.717) is 11.5 Å². The number of benzene rings is 1. The first-order valence-electron chi connectivity index (χ1n) is 6.68. The summed E-state index contributed by atoms with van der Waals surface area (Å²) in [4.78, 5) is 0. The Kier molecular flexibility index (Phi) is 4.31. The first-order valence-corrected chi connectivity index (χ1v) is 7.47. The van der Waals surface area contributed by atoms with E-state index in [-0.39, 0.29) is 5.82 Å². The van der Waals surface area contributed by atoms with Crippen molar-refractivity contribution >= 4 is 21.6 Å². The highest BCUT2D eigenvalue weighted by molar-refractivity contribution is 9.10. The molecule has 1 aliphatic rings. The predicted molar refractivity (Wildman–Crippen MR) is 78.4 cm³/mol. The molecule has 1 aromatic carbocycles. The lowest BCUT2D eigenvalue weighted by Gasteiger charge is -2.22. The van der Waals surface area contributed by atoms with Gasteiger partial charge in [-0.1, -0.05) is 20.3 Å². The molecule has 0 amide bonds. The van der Waals surface area contributed by atoms with Crippen molar-refractivity contribution in [2.75, 3.05) is 5.32 Å². The van der Waals surface area contributed by atoms with Gasteiger partial charge in [-0.25, -0.2) is 4.39 Å². The minimum absolute atomic E-state index is 0.200. The largest absolute Gasteiger partial charge is 0.381 e. The number of hydrogen-bond donors (Lipinski definition) is 1. The first kappa shape index (κ1) is 13.9. The SMILES string of the molecule is CC1(C)CCCC(Nc2ccc(F)cc2Br)CC1. The van der Waals surface area contributed by atoms with Crippen LogP contribution in [0.5, 0.6) is 0 Å². The molecule has 1 saturated carbocycles. The summed E-state index contributed by atoms with van der Waals surface area (Å²) in [6, 6.07) is 5.35. The molecule has 3 heteroatoms. The molecular weight excluding hydrogens is 293 g/mol. The molecule has 0 saturated heterocycles. The van der Waals surface area contributed by atoms with Gasteiger partial charge in [0.2, 0.25) is 0 Å². The summed E-state index contributed by atoms with van der Waals surface area (Å²) in [6.07, 6.45) is 6.22. The fourth-order valence-electron chi connectivity index (χ4n) is 2.63. The molecule has 0 aliphatic heterocycles. The molecule has 1 nitrogen and oxygen atoms in total. The van der Waals surface area contributed by atoms with Gasteiger partial charge in [0, 0.05) is 16.2 Å². The third kappa shape index (κ3) is 3.71. The third-order valence-corrected chi connectivity index (χ3v) is 4.52. The topological polar surface area (TPSA) is 12.0 Å². The van der Waals surface area contributed by atoms with Crippen molar-refractivity contribution in [2.24, 2.45) is 5.41 Å². The van der Waals surface area contributed by atoms with Gasteiger partial charge in [-0.2, -0.15) is 0 Å². The van der Waals surface area contributed by atoms with Crippen molar-refractivity contribution < 1.29 is 4.39 Å². The lowest BCUT2D eigenvalue weighted by Crippen LogP contribution is -2.19. The van der Waals surface area contributed by atoms with Crippen molar-refractivity contribution in [1.29, 1.82) is 0 Å². The Balaban J connectivity index is 2.01. The number of hydrogen-bond acceptors (Lipinski definition) is 1. The molecule has 1 N–H and O–H groups in total. The smallest absolute Gasteiger partial charge is 0.124 e. The lowest BCUT2D eigenvalue weighted by molar-refractivity contribution is 0.313. The Morgan fingerprint density at radius 1 is 1.28 bits per heavy atom. The van der Waals surface area contributed by atoms with E-state index >= 15 is 0 Å². The Morgan fingerprint density at radius 3 is 2.78 bits per heavy atom. The van der Waals surface area contributed by atoms with E-state index in [4.69, 9.17) is 0 Å². The second kappa shape index (κ2) is 5.60. The summed E-state index contributed by atoms with van der Waals surface area (Å²) < 4.78 is 13.8. The maximum absolute atomic E-state index is 13.0. The second-order valence-corrected chi connectivity index (χ2v) is 6.91. The summed E-state index contributed by atoms with van der Waals surface area (Å²) in [5.41, 5.74) is 1.47. The van der Waals surface area contributed by atoms with Crippen LogP contribution in [0.1, 0.15) is 46.0 Å². The molecular formula is C15H21BrFN. The summed E-state index contributed by atoms with van der Waals surface area (Å²) in [5.74, 6) is -0.200. The van der Waals surface area contributed by atoms with Gasteiger partial charge >= 0.3 is 0 Å². The van der Waals surface area contributed by atoms with E-state index in [1.807, 2.05) is 6.07 Å². The van der Waals surface area contributed by atoms with Gasteiger partial charge in [-0.3, -0.25) is 0 Å². The zero-order chi connectivity index (χ0) is 13.2. The molecule has 0 bridgehead atoms. The number of rotatable bonds is 2. The van der Waals surface area contributed by atoms with Crippen LogP contribution >= 0.6 is 15.9 Å². The Hall–Kier alpha value is -0.570. The molecule has 0 spiro atoms. The zero-order valence-electron chi connectivity index (χ0n) is 11.1. The standard InChI is InChI=1S/C15H21BrFN/c1-15(2)8-3-4-12(7-9-15)18-14-6-5-11(17)10-13(14)16/h5-6,10,12,18H,3-4,7-9H2,1-2H3. The zero-order valence-corrected chi connectivity index (χ0v) is 12.7. The summed E-state index contributed by atoms with van der Waals surface area (Å²) in [5, 5.41) is 3.54. The monoisotopic (exact) mass is 313 g/mol. The molecule has 0 aromatic heterocycles. The van der Waals surface area contributed by atoms with E-state index in [2.05, 4.69) is 35.1 Å². The second-order valence-electron chi connectivity index (χ2n) is 6.06. The van der Waals surface area contributed by atoms with Crippen LogP contribution in [0.4, 0.5) is 10.1 Å². The minimum atomic E-state index is -0.200. The van der Waals surface area contributed by atoms with Crippen molar-refractivity contribution in [1.82, 2.24) is 0 Å². The molecule has 1 fully saturated rings. The molecule has 0 radical (unpaired) electrons. The average molecular weight is 314 g/mol. The number of halogens is 2. The average Bonchev–Trinajstić information content (AvgIpc) is 2.44. The summed E-state index contributed by atoms with van der Waals surface area (Å²) in [6.45, 7) is 4.70. The van der Waals surface area contributed by atoms with Gasteiger partial charge < -0.3 is 5.32 Å². The Bertz CT molecular complexity index is 417. The van der Waals surface area contributed by atoms with E-state index in [1.54, 1.807) is 0 Å². The number of nitrogens with one attached hydrogen (secondary N) is 1. The molecule has 2 rings (SSSR count). The van der Waals surface area contributed by atoms with E-state index < -0.39 is 0 Å². The van der Waals surface area contributed by atoms with Gasteiger partial charge in [0.05, 0.1) is 0 Å². The summed E-state index contributed by atoms with van der Waals surface area (Å²) in [7, 11) is 0. The molecule has 1 aliphatic carbocycles. The normalized spacial score (nSPS) is 23.4. The minimum Gasteiger partial charge on any atom is -0.381 e. The van der Waals surface area contributed by atoms with Crippen molar-refractivity contribution in [3.8, 4) is 0 Å². The van der Waals surface area contributed by atoms with Crippen molar-refractivity contribution in [3.63, 3.8) is 0 Å². The molecule has 1 atom stereocenters. The van der Waals surface area contributed by atoms with Crippen LogP contribution < -0.4 is 5.32 Å². The van der Waals surface area contributed by atoms with Gasteiger partial charge in [0.25, 0.3) is 0 Å². The third-order valence-electron chi connectivity index (χ3n) is 3.87. The van der Waals surface area contributed by atoms with Crippen LogP contribution in [0.15, 0.2) is 22.7 Å². The fraction of sp³-hybridized carbons (Fsp3) is 0.600. The van der Waals surface area contributed by atoms with E-state index in [9.17, 15) is 4.39 Å². The van der Waals surface area contributed by atoms with Crippen LogP contribution in [0.3, 0.4) is 0 Å². The molecule has 0 heterocycles. The lowest BCUT2D eigenvalue weighted by atomic mass is 9.85. The van der Waals surface area contributed by atoms with Crippen LogP contribution in [-0.2, 0) is 0 Å². The van der Waals surface area contributed by atoms with E-state index in [1.165, 1.54) is 44.2 Å². The highest BCUT2D eigenvalue weighted by Gasteiger charge is 2.24. The van der Waals surface area contributed by atoms with Gasteiger partial charge in [0.15, 0.2) is 0 Å². The molecule has 18 heavy (non-hydrogen) atoms. The predicted octanol–water partition coefficient (Wildman–Crippen LogP) is 5.36. The number of anilines is 1. The highest BCUT2D eigenvalue weighted by Crippen LogP contribution is 2.35. The highest BCUT2D eigenvalue weighted by atomic mass is 79.9. The molecule has 1 aromatic rings. The van der Waals surface area contributed by atoms with Gasteiger partial charge in [-0.05, 0) is 65.2 Å². The van der Waals surface area contributed by atoms with Crippen molar-refractivity contribution in [2.45, 2.75) is 52.0 Å². The van der Waals surface area contributed by atoms with Crippen molar-refractivity contribution in [3.05, 3.63) is 28.5 Å². The summed E-state index contributed by atoms with van der Waals surface area (Å²) >= 11 is 3.41. The van der Waals surface area contributed by atoms with Gasteiger partial charge in [-0.15, -0.1) is 0 Å². The first-order chi connectivity index (χ1) is 8.46. The van der Waals surface area contributed by atoms with Crippen LogP contribution in [-0.4, -0.2) is 6.04 Å². The quantitative estimate of drug-likeness (QED) is 0.725.